The molecule has 0 radical (unpaired) electrons. The van der Waals surface area contributed by atoms with E-state index >= 15 is 0 Å². The first-order chi connectivity index (χ1) is 7.61. The second-order valence-corrected chi connectivity index (χ2v) is 6.37. The lowest BCUT2D eigenvalue weighted by atomic mass is 9.97. The van der Waals surface area contributed by atoms with Gasteiger partial charge >= 0.3 is 5.97 Å². The first-order valence-corrected chi connectivity index (χ1v) is 7.02. The summed E-state index contributed by atoms with van der Waals surface area (Å²) < 4.78 is 27.9. The van der Waals surface area contributed by atoms with Crippen molar-refractivity contribution in [1.29, 1.82) is 0 Å². The third-order valence-corrected chi connectivity index (χ3v) is 3.68. The quantitative estimate of drug-likeness (QED) is 0.562. The van der Waals surface area contributed by atoms with Gasteiger partial charge in [-0.1, -0.05) is 6.92 Å². The van der Waals surface area contributed by atoms with Crippen molar-refractivity contribution < 1.29 is 17.9 Å². The number of esters is 1. The van der Waals surface area contributed by atoms with Crippen LogP contribution < -0.4 is 5.14 Å². The van der Waals surface area contributed by atoms with E-state index in [4.69, 9.17) is 16.7 Å². The molecule has 0 bridgehead atoms. The molecule has 0 rings (SSSR count). The molecule has 0 aromatic carbocycles. The predicted molar refractivity (Wildman–Crippen MR) is 65.8 cm³/mol. The average molecular weight is 287 g/mol. The SMILES string of the molecule is COC(=O)C(C(C)CC(C)Cl)N(C)S(N)(=O)=O. The summed E-state index contributed by atoms with van der Waals surface area (Å²) in [6, 6.07) is -0.962. The zero-order valence-electron chi connectivity index (χ0n) is 10.4. The van der Waals surface area contributed by atoms with Crippen LogP contribution >= 0.6 is 11.6 Å². The molecule has 102 valence electrons. The van der Waals surface area contributed by atoms with Gasteiger partial charge in [-0.15, -0.1) is 11.6 Å². The van der Waals surface area contributed by atoms with Crippen LogP contribution in [0.15, 0.2) is 0 Å². The van der Waals surface area contributed by atoms with Crippen LogP contribution in [0.1, 0.15) is 20.3 Å². The minimum Gasteiger partial charge on any atom is -0.468 e. The van der Waals surface area contributed by atoms with Crippen molar-refractivity contribution >= 4 is 27.8 Å². The van der Waals surface area contributed by atoms with Gasteiger partial charge in [-0.3, -0.25) is 4.79 Å². The van der Waals surface area contributed by atoms with Crippen molar-refractivity contribution in [2.75, 3.05) is 14.2 Å². The highest BCUT2D eigenvalue weighted by atomic mass is 35.5. The maximum absolute atomic E-state index is 11.6. The molecule has 3 unspecified atom stereocenters. The lowest BCUT2D eigenvalue weighted by molar-refractivity contribution is -0.146. The van der Waals surface area contributed by atoms with E-state index in [0.717, 1.165) is 4.31 Å². The summed E-state index contributed by atoms with van der Waals surface area (Å²) >= 11 is 5.83. The Bertz CT molecular complexity index is 358. The number of hydrogen-bond donors (Lipinski definition) is 1. The highest BCUT2D eigenvalue weighted by molar-refractivity contribution is 7.86. The first kappa shape index (κ1) is 16.6. The van der Waals surface area contributed by atoms with E-state index < -0.39 is 22.2 Å². The van der Waals surface area contributed by atoms with Crippen LogP contribution in [-0.2, 0) is 19.7 Å². The number of ether oxygens (including phenoxy) is 1. The van der Waals surface area contributed by atoms with Gasteiger partial charge in [-0.25, -0.2) is 5.14 Å². The van der Waals surface area contributed by atoms with Crippen LogP contribution in [0.2, 0.25) is 0 Å². The lowest BCUT2D eigenvalue weighted by Crippen LogP contribution is -2.49. The molecule has 0 spiro atoms. The molecule has 0 fully saturated rings. The van der Waals surface area contributed by atoms with Crippen LogP contribution in [0.25, 0.3) is 0 Å². The first-order valence-electron chi connectivity index (χ1n) is 5.08. The number of halogens is 1. The van der Waals surface area contributed by atoms with Crippen LogP contribution in [0, 0.1) is 5.92 Å². The third-order valence-electron chi connectivity index (χ3n) is 2.47. The summed E-state index contributed by atoms with van der Waals surface area (Å²) in [6.07, 6.45) is 0.473. The molecule has 0 saturated heterocycles. The van der Waals surface area contributed by atoms with Crippen LogP contribution in [0.5, 0.6) is 0 Å². The second-order valence-electron chi connectivity index (χ2n) is 4.02. The highest BCUT2D eigenvalue weighted by Crippen LogP contribution is 2.20. The smallest absolute Gasteiger partial charge is 0.324 e. The number of carbonyl (C=O) groups excluding carboxylic acids is 1. The van der Waals surface area contributed by atoms with Crippen LogP contribution in [-0.4, -0.2) is 44.3 Å². The van der Waals surface area contributed by atoms with Gasteiger partial charge in [0.15, 0.2) is 0 Å². The van der Waals surface area contributed by atoms with E-state index in [1.54, 1.807) is 13.8 Å². The Morgan fingerprint density at radius 2 is 1.94 bits per heavy atom. The standard InChI is InChI=1S/C9H19ClN2O4S/c1-6(5-7(2)10)8(9(13)16-4)12(3)17(11,14)15/h6-8H,5H2,1-4H3,(H2,11,14,15). The van der Waals surface area contributed by atoms with Gasteiger partial charge in [0.25, 0.3) is 10.2 Å². The Morgan fingerprint density at radius 3 is 2.24 bits per heavy atom. The number of nitrogens with two attached hydrogens (primary N) is 1. The normalized spacial score (nSPS) is 17.6. The van der Waals surface area contributed by atoms with Gasteiger partial charge in [-0.2, -0.15) is 12.7 Å². The molecule has 0 amide bonds. The van der Waals surface area contributed by atoms with E-state index in [2.05, 4.69) is 4.74 Å². The van der Waals surface area contributed by atoms with Gasteiger partial charge < -0.3 is 4.74 Å². The maximum atomic E-state index is 11.6. The summed E-state index contributed by atoms with van der Waals surface area (Å²) in [5, 5.41) is 4.82. The summed E-state index contributed by atoms with van der Waals surface area (Å²) in [4.78, 5) is 11.6. The molecule has 0 aromatic rings. The molecule has 0 aliphatic heterocycles. The monoisotopic (exact) mass is 286 g/mol. The molecule has 17 heavy (non-hydrogen) atoms. The maximum Gasteiger partial charge on any atom is 0.324 e. The fraction of sp³-hybridized carbons (Fsp3) is 0.889. The lowest BCUT2D eigenvalue weighted by Gasteiger charge is -2.29. The van der Waals surface area contributed by atoms with Gasteiger partial charge in [-0.05, 0) is 19.3 Å². The Balaban J connectivity index is 5.08. The minimum absolute atomic E-state index is 0.175. The molecule has 0 heterocycles. The third kappa shape index (κ3) is 5.20. The summed E-state index contributed by atoms with van der Waals surface area (Å²) in [6.45, 7) is 3.49. The molecule has 2 N–H and O–H groups in total. The number of alkyl halides is 1. The molecular weight excluding hydrogens is 268 g/mol. The Labute approximate surface area is 107 Å². The van der Waals surface area contributed by atoms with Gasteiger partial charge in [0, 0.05) is 12.4 Å². The molecule has 0 saturated carbocycles. The topological polar surface area (TPSA) is 89.7 Å². The van der Waals surface area contributed by atoms with E-state index in [-0.39, 0.29) is 11.3 Å². The highest BCUT2D eigenvalue weighted by Gasteiger charge is 2.35. The molecule has 6 nitrogen and oxygen atoms in total. The summed E-state index contributed by atoms with van der Waals surface area (Å²) in [5.41, 5.74) is 0. The van der Waals surface area contributed by atoms with Gasteiger partial charge in [0.1, 0.15) is 6.04 Å². The zero-order chi connectivity index (χ0) is 13.8. The molecular formula is C9H19ClN2O4S. The Morgan fingerprint density at radius 1 is 1.47 bits per heavy atom. The zero-order valence-corrected chi connectivity index (χ0v) is 12.0. The fourth-order valence-electron chi connectivity index (χ4n) is 1.66. The van der Waals surface area contributed by atoms with Crippen molar-refractivity contribution in [2.45, 2.75) is 31.7 Å². The molecule has 3 atom stereocenters. The number of likely N-dealkylation sites (N-methyl/N-ethyl adjacent to an activating group) is 1. The Kier molecular flexibility index (Phi) is 6.39. The van der Waals surface area contributed by atoms with Crippen molar-refractivity contribution in [2.24, 2.45) is 11.1 Å². The van der Waals surface area contributed by atoms with Crippen LogP contribution in [0.3, 0.4) is 0 Å². The minimum atomic E-state index is -3.95. The molecule has 8 heteroatoms. The number of rotatable bonds is 6. The number of hydrogen-bond acceptors (Lipinski definition) is 4. The number of carbonyl (C=O) groups is 1. The van der Waals surface area contributed by atoms with Crippen molar-refractivity contribution in [3.8, 4) is 0 Å². The van der Waals surface area contributed by atoms with Crippen LogP contribution in [0.4, 0.5) is 0 Å². The Hall–Kier alpha value is -0.370. The van der Waals surface area contributed by atoms with E-state index in [0.29, 0.717) is 6.42 Å². The molecule has 0 aliphatic carbocycles. The molecule has 0 aliphatic rings. The summed E-state index contributed by atoms with van der Waals surface area (Å²) in [5.74, 6) is -0.940. The summed E-state index contributed by atoms with van der Waals surface area (Å²) in [7, 11) is -1.51. The van der Waals surface area contributed by atoms with Crippen molar-refractivity contribution in [3.05, 3.63) is 0 Å². The predicted octanol–water partition coefficient (Wildman–Crippen LogP) is 0.317. The van der Waals surface area contributed by atoms with Gasteiger partial charge in [0.05, 0.1) is 7.11 Å². The average Bonchev–Trinajstić information content (AvgIpc) is 2.14. The largest absolute Gasteiger partial charge is 0.468 e. The van der Waals surface area contributed by atoms with E-state index in [1.807, 2.05) is 0 Å². The number of nitrogens with zero attached hydrogens (tertiary/aromatic N) is 1. The van der Waals surface area contributed by atoms with Crippen molar-refractivity contribution in [3.63, 3.8) is 0 Å². The second kappa shape index (κ2) is 6.53. The van der Waals surface area contributed by atoms with Crippen molar-refractivity contribution in [1.82, 2.24) is 4.31 Å². The van der Waals surface area contributed by atoms with E-state index in [1.165, 1.54) is 14.2 Å². The van der Waals surface area contributed by atoms with E-state index in [9.17, 15) is 13.2 Å². The molecule has 0 aromatic heterocycles. The van der Waals surface area contributed by atoms with Gasteiger partial charge in [0.2, 0.25) is 0 Å². The number of methoxy groups -OCH3 is 1. The fourth-order valence-corrected chi connectivity index (χ4v) is 2.55.